The molecule has 1 heteroatoms. The van der Waals surface area contributed by atoms with Gasteiger partial charge in [0.2, 0.25) is 0 Å². The molecular formula is C22H21N. The van der Waals surface area contributed by atoms with E-state index >= 15 is 0 Å². The van der Waals surface area contributed by atoms with Gasteiger partial charge in [-0.25, -0.2) is 0 Å². The van der Waals surface area contributed by atoms with E-state index in [1.165, 1.54) is 16.7 Å². The molecule has 3 aromatic carbocycles. The highest BCUT2D eigenvalue weighted by Gasteiger charge is 2.07. The Morgan fingerprint density at radius 2 is 1.35 bits per heavy atom. The van der Waals surface area contributed by atoms with Crippen molar-refractivity contribution >= 4 is 11.8 Å². The van der Waals surface area contributed by atoms with Crippen LogP contribution in [0.3, 0.4) is 0 Å². The molecule has 0 amide bonds. The zero-order valence-electron chi connectivity index (χ0n) is 13.3. The molecule has 1 nitrogen and oxygen atoms in total. The van der Waals surface area contributed by atoms with E-state index in [9.17, 15) is 0 Å². The van der Waals surface area contributed by atoms with Crippen LogP contribution in [0.25, 0.3) is 6.08 Å². The lowest BCUT2D eigenvalue weighted by molar-refractivity contribution is 0.989. The minimum Gasteiger partial charge on any atom is -0.375 e. The van der Waals surface area contributed by atoms with Gasteiger partial charge in [-0.2, -0.15) is 0 Å². The molecule has 23 heavy (non-hydrogen) atoms. The number of anilines is 1. The van der Waals surface area contributed by atoms with Crippen LogP contribution in [0.4, 0.5) is 5.69 Å². The average Bonchev–Trinajstić information content (AvgIpc) is 2.62. The molecule has 0 saturated carbocycles. The molecule has 3 aromatic rings. The summed E-state index contributed by atoms with van der Waals surface area (Å²) in [4.78, 5) is 0. The van der Waals surface area contributed by atoms with Crippen molar-refractivity contribution < 1.29 is 0 Å². The summed E-state index contributed by atoms with van der Waals surface area (Å²) in [5.41, 5.74) is 4.85. The van der Waals surface area contributed by atoms with Gasteiger partial charge in [0.1, 0.15) is 0 Å². The van der Waals surface area contributed by atoms with Crippen molar-refractivity contribution in [3.8, 4) is 0 Å². The summed E-state index contributed by atoms with van der Waals surface area (Å²) in [7, 11) is 0. The van der Waals surface area contributed by atoms with Crippen LogP contribution < -0.4 is 5.32 Å². The van der Waals surface area contributed by atoms with E-state index in [2.05, 4.69) is 97.2 Å². The third-order valence-electron chi connectivity index (χ3n) is 3.81. The zero-order chi connectivity index (χ0) is 15.9. The van der Waals surface area contributed by atoms with Crippen molar-refractivity contribution in [3.05, 3.63) is 108 Å². The van der Waals surface area contributed by atoms with Crippen LogP contribution in [-0.4, -0.2) is 0 Å². The zero-order valence-corrected chi connectivity index (χ0v) is 13.3. The van der Waals surface area contributed by atoms with Gasteiger partial charge < -0.3 is 5.32 Å². The van der Waals surface area contributed by atoms with Crippen molar-refractivity contribution in [2.24, 2.45) is 0 Å². The molecule has 0 aliphatic rings. The maximum atomic E-state index is 3.61. The largest absolute Gasteiger partial charge is 0.375 e. The van der Waals surface area contributed by atoms with E-state index < -0.39 is 0 Å². The number of aryl methyl sites for hydroxylation is 1. The smallest absolute Gasteiger partial charge is 0.0701 e. The molecule has 0 aliphatic heterocycles. The summed E-state index contributed by atoms with van der Waals surface area (Å²) < 4.78 is 0. The highest BCUT2D eigenvalue weighted by Crippen LogP contribution is 2.22. The number of hydrogen-bond donors (Lipinski definition) is 1. The Morgan fingerprint density at radius 3 is 2.00 bits per heavy atom. The lowest BCUT2D eigenvalue weighted by Crippen LogP contribution is -2.07. The Hall–Kier alpha value is -2.80. The van der Waals surface area contributed by atoms with Crippen LogP contribution in [0.1, 0.15) is 22.7 Å². The van der Waals surface area contributed by atoms with E-state index in [1.54, 1.807) is 0 Å². The fraction of sp³-hybridized carbons (Fsp3) is 0.0909. The molecule has 0 radical (unpaired) electrons. The molecule has 114 valence electrons. The second kappa shape index (κ2) is 7.46. The summed E-state index contributed by atoms with van der Waals surface area (Å²) in [6, 6.07) is 29.6. The Bertz CT molecular complexity index is 743. The normalized spacial score (nSPS) is 12.2. The third kappa shape index (κ3) is 4.33. The van der Waals surface area contributed by atoms with Gasteiger partial charge in [0.15, 0.2) is 0 Å². The standard InChI is InChI=1S/C22H21N/c1-18-12-15-21(16-13-18)23-22(20-10-6-3-7-11-20)17-14-19-8-4-2-5-9-19/h2-17,22-23H,1H3. The van der Waals surface area contributed by atoms with Crippen molar-refractivity contribution in [1.82, 2.24) is 0 Å². The fourth-order valence-electron chi connectivity index (χ4n) is 2.50. The number of benzene rings is 3. The first-order chi connectivity index (χ1) is 11.3. The van der Waals surface area contributed by atoms with Gasteiger partial charge in [-0.05, 0) is 30.2 Å². The molecule has 1 atom stereocenters. The van der Waals surface area contributed by atoms with Crippen LogP contribution in [0.15, 0.2) is 91.0 Å². The van der Waals surface area contributed by atoms with Gasteiger partial charge in [-0.1, -0.05) is 90.5 Å². The number of rotatable bonds is 5. The highest BCUT2D eigenvalue weighted by atomic mass is 14.9. The van der Waals surface area contributed by atoms with Crippen molar-refractivity contribution in [2.75, 3.05) is 5.32 Å². The van der Waals surface area contributed by atoms with E-state index in [-0.39, 0.29) is 6.04 Å². The topological polar surface area (TPSA) is 12.0 Å². The molecule has 0 fully saturated rings. The van der Waals surface area contributed by atoms with Gasteiger partial charge in [0.25, 0.3) is 0 Å². The summed E-state index contributed by atoms with van der Waals surface area (Å²) in [6.45, 7) is 2.10. The van der Waals surface area contributed by atoms with Gasteiger partial charge >= 0.3 is 0 Å². The van der Waals surface area contributed by atoms with E-state index in [4.69, 9.17) is 0 Å². The molecule has 0 saturated heterocycles. The summed E-state index contributed by atoms with van der Waals surface area (Å²) in [5, 5.41) is 3.61. The van der Waals surface area contributed by atoms with Gasteiger partial charge in [-0.3, -0.25) is 0 Å². The van der Waals surface area contributed by atoms with Crippen LogP contribution in [0.2, 0.25) is 0 Å². The van der Waals surface area contributed by atoms with E-state index in [0.717, 1.165) is 5.69 Å². The Kier molecular flexibility index (Phi) is 4.90. The average molecular weight is 299 g/mol. The third-order valence-corrected chi connectivity index (χ3v) is 3.81. The Morgan fingerprint density at radius 1 is 0.739 bits per heavy atom. The van der Waals surface area contributed by atoms with E-state index in [1.807, 2.05) is 12.1 Å². The molecule has 0 spiro atoms. The fourth-order valence-corrected chi connectivity index (χ4v) is 2.50. The predicted molar refractivity (Wildman–Crippen MR) is 99.5 cm³/mol. The predicted octanol–water partition coefficient (Wildman–Crippen LogP) is 5.86. The molecule has 0 aromatic heterocycles. The summed E-state index contributed by atoms with van der Waals surface area (Å²) >= 11 is 0. The first-order valence-corrected chi connectivity index (χ1v) is 7.93. The van der Waals surface area contributed by atoms with Crippen LogP contribution in [0.5, 0.6) is 0 Å². The molecule has 1 unspecified atom stereocenters. The van der Waals surface area contributed by atoms with Crippen LogP contribution >= 0.6 is 0 Å². The summed E-state index contributed by atoms with van der Waals surface area (Å²) in [6.07, 6.45) is 4.38. The first-order valence-electron chi connectivity index (χ1n) is 7.93. The van der Waals surface area contributed by atoms with Crippen LogP contribution in [0, 0.1) is 6.92 Å². The minimum absolute atomic E-state index is 0.138. The van der Waals surface area contributed by atoms with Gasteiger partial charge in [0, 0.05) is 5.69 Å². The lowest BCUT2D eigenvalue weighted by atomic mass is 10.0. The molecule has 0 aliphatic carbocycles. The lowest BCUT2D eigenvalue weighted by Gasteiger charge is -2.17. The molecular weight excluding hydrogens is 278 g/mol. The number of hydrogen-bond acceptors (Lipinski definition) is 1. The van der Waals surface area contributed by atoms with Crippen molar-refractivity contribution in [2.45, 2.75) is 13.0 Å². The van der Waals surface area contributed by atoms with Gasteiger partial charge in [-0.15, -0.1) is 0 Å². The second-order valence-corrected chi connectivity index (χ2v) is 5.67. The van der Waals surface area contributed by atoms with Crippen molar-refractivity contribution in [1.29, 1.82) is 0 Å². The first kappa shape index (κ1) is 15.1. The Balaban J connectivity index is 1.85. The minimum atomic E-state index is 0.138. The summed E-state index contributed by atoms with van der Waals surface area (Å²) in [5.74, 6) is 0. The monoisotopic (exact) mass is 299 g/mol. The van der Waals surface area contributed by atoms with E-state index in [0.29, 0.717) is 0 Å². The highest BCUT2D eigenvalue weighted by molar-refractivity contribution is 5.54. The van der Waals surface area contributed by atoms with Crippen LogP contribution in [-0.2, 0) is 0 Å². The quantitative estimate of drug-likeness (QED) is 0.622. The maximum absolute atomic E-state index is 3.61. The molecule has 1 N–H and O–H groups in total. The van der Waals surface area contributed by atoms with Crippen molar-refractivity contribution in [3.63, 3.8) is 0 Å². The molecule has 3 rings (SSSR count). The van der Waals surface area contributed by atoms with Gasteiger partial charge in [0.05, 0.1) is 6.04 Å². The Labute approximate surface area is 138 Å². The SMILES string of the molecule is Cc1ccc(NC(C=Cc2ccccc2)c2ccccc2)cc1. The number of nitrogens with one attached hydrogen (secondary N) is 1. The molecule has 0 heterocycles. The second-order valence-electron chi connectivity index (χ2n) is 5.67. The maximum Gasteiger partial charge on any atom is 0.0701 e. The molecule has 0 bridgehead atoms.